The number of rotatable bonds is 4. The summed E-state index contributed by atoms with van der Waals surface area (Å²) >= 11 is 3.29. The first-order chi connectivity index (χ1) is 11.4. The molecular weight excluding hydrogens is 373 g/mol. The van der Waals surface area contributed by atoms with Crippen LogP contribution in [0.1, 0.15) is 19.4 Å². The normalized spacial score (nSPS) is 17.2. The molecule has 2 rings (SSSR count). The summed E-state index contributed by atoms with van der Waals surface area (Å²) in [6.07, 6.45) is 2.91. The van der Waals surface area contributed by atoms with E-state index in [1.165, 1.54) is 18.2 Å². The molecular formula is C18H21BrFN3O. The number of halogens is 2. The summed E-state index contributed by atoms with van der Waals surface area (Å²) in [6, 6.07) is 6.84. The number of carbonyl (C=O) groups excluding carboxylic acids is 1. The fraction of sp³-hybridized carbons (Fsp3) is 0.444. The highest BCUT2D eigenvalue weighted by molar-refractivity contribution is 9.10. The largest absolute Gasteiger partial charge is 0.337 e. The molecule has 0 bridgehead atoms. The van der Waals surface area contributed by atoms with E-state index in [-0.39, 0.29) is 23.7 Å². The minimum absolute atomic E-state index is 0.117. The first kappa shape index (κ1) is 18.6. The van der Waals surface area contributed by atoms with Crippen LogP contribution in [0.2, 0.25) is 0 Å². The van der Waals surface area contributed by atoms with Crippen LogP contribution in [-0.2, 0) is 4.79 Å². The number of piperazine rings is 1. The van der Waals surface area contributed by atoms with Gasteiger partial charge in [0.1, 0.15) is 11.9 Å². The van der Waals surface area contributed by atoms with E-state index < -0.39 is 0 Å². The molecule has 0 N–H and O–H groups in total. The van der Waals surface area contributed by atoms with Gasteiger partial charge in [0.2, 0.25) is 5.91 Å². The van der Waals surface area contributed by atoms with E-state index in [2.05, 4.69) is 26.9 Å². The fourth-order valence-corrected chi connectivity index (χ4v) is 3.16. The summed E-state index contributed by atoms with van der Waals surface area (Å²) in [7, 11) is 0. The molecule has 0 spiro atoms. The van der Waals surface area contributed by atoms with E-state index in [9.17, 15) is 14.4 Å². The van der Waals surface area contributed by atoms with E-state index in [1.807, 2.05) is 13.8 Å². The van der Waals surface area contributed by atoms with Crippen LogP contribution in [0.3, 0.4) is 0 Å². The van der Waals surface area contributed by atoms with E-state index in [0.717, 1.165) is 4.47 Å². The number of nitriles is 1. The Morgan fingerprint density at radius 2 is 2.00 bits per heavy atom. The lowest BCUT2D eigenvalue weighted by atomic mass is 10.0. The highest BCUT2D eigenvalue weighted by atomic mass is 79.9. The summed E-state index contributed by atoms with van der Waals surface area (Å²) in [4.78, 5) is 16.1. The molecule has 4 nitrogen and oxygen atoms in total. The van der Waals surface area contributed by atoms with Crippen molar-refractivity contribution in [3.8, 4) is 6.07 Å². The number of carbonyl (C=O) groups is 1. The second-order valence-electron chi connectivity index (χ2n) is 6.18. The SMILES string of the molecule is CC(C)C(C#N)N1CCN(C(=O)/C=C/c2cc(Br)ccc2F)CC1. The van der Waals surface area contributed by atoms with Gasteiger partial charge in [-0.1, -0.05) is 29.8 Å². The third kappa shape index (κ3) is 4.65. The molecule has 1 fully saturated rings. The molecule has 0 saturated carbocycles. The van der Waals surface area contributed by atoms with Gasteiger partial charge in [0.15, 0.2) is 0 Å². The van der Waals surface area contributed by atoms with E-state index in [0.29, 0.717) is 31.7 Å². The maximum Gasteiger partial charge on any atom is 0.246 e. The molecule has 1 atom stereocenters. The molecule has 0 radical (unpaired) electrons. The Morgan fingerprint density at radius 3 is 2.58 bits per heavy atom. The van der Waals surface area contributed by atoms with Gasteiger partial charge in [-0.3, -0.25) is 9.69 Å². The molecule has 128 valence electrons. The van der Waals surface area contributed by atoms with Gasteiger partial charge in [0.05, 0.1) is 6.07 Å². The summed E-state index contributed by atoms with van der Waals surface area (Å²) in [5.41, 5.74) is 0.376. The summed E-state index contributed by atoms with van der Waals surface area (Å²) < 4.78 is 14.4. The zero-order valence-electron chi connectivity index (χ0n) is 13.9. The number of amides is 1. The lowest BCUT2D eigenvalue weighted by molar-refractivity contribution is -0.127. The molecule has 1 aliphatic heterocycles. The maximum atomic E-state index is 13.7. The van der Waals surface area contributed by atoms with Gasteiger partial charge in [-0.15, -0.1) is 0 Å². The summed E-state index contributed by atoms with van der Waals surface area (Å²) in [6.45, 7) is 6.58. The van der Waals surface area contributed by atoms with Crippen molar-refractivity contribution in [2.24, 2.45) is 5.92 Å². The molecule has 6 heteroatoms. The van der Waals surface area contributed by atoms with Crippen LogP contribution in [0.5, 0.6) is 0 Å². The third-order valence-electron chi connectivity index (χ3n) is 4.15. The van der Waals surface area contributed by atoms with Crippen LogP contribution in [0.15, 0.2) is 28.7 Å². The molecule has 1 aromatic rings. The van der Waals surface area contributed by atoms with Crippen molar-refractivity contribution < 1.29 is 9.18 Å². The molecule has 1 unspecified atom stereocenters. The van der Waals surface area contributed by atoms with Gasteiger partial charge in [0, 0.05) is 42.3 Å². The van der Waals surface area contributed by atoms with Crippen LogP contribution >= 0.6 is 15.9 Å². The number of hydrogen-bond donors (Lipinski definition) is 0. The predicted octanol–water partition coefficient (Wildman–Crippen LogP) is 3.29. The molecule has 1 aromatic carbocycles. The van der Waals surface area contributed by atoms with E-state index in [4.69, 9.17) is 0 Å². The standard InChI is InChI=1S/C18H21BrFN3O/c1-13(2)17(12-21)22-7-9-23(10-8-22)18(24)6-3-14-11-15(19)4-5-16(14)20/h3-6,11,13,17H,7-10H2,1-2H3/b6-3+. The fourth-order valence-electron chi connectivity index (χ4n) is 2.78. The van der Waals surface area contributed by atoms with Crippen molar-refractivity contribution in [1.82, 2.24) is 9.80 Å². The Labute approximate surface area is 150 Å². The Bertz CT molecular complexity index is 661. The first-order valence-corrected chi connectivity index (χ1v) is 8.77. The molecule has 0 aliphatic carbocycles. The lowest BCUT2D eigenvalue weighted by Crippen LogP contribution is -2.52. The van der Waals surface area contributed by atoms with Gasteiger partial charge in [0.25, 0.3) is 0 Å². The van der Waals surface area contributed by atoms with Gasteiger partial charge < -0.3 is 4.90 Å². The zero-order valence-corrected chi connectivity index (χ0v) is 15.5. The highest BCUT2D eigenvalue weighted by Gasteiger charge is 2.26. The molecule has 1 saturated heterocycles. The maximum absolute atomic E-state index is 13.7. The Kier molecular flexibility index (Phi) is 6.52. The van der Waals surface area contributed by atoms with Crippen LogP contribution in [-0.4, -0.2) is 47.9 Å². The third-order valence-corrected chi connectivity index (χ3v) is 4.64. The average Bonchev–Trinajstić information content (AvgIpc) is 2.56. The Hall–Kier alpha value is -1.71. The zero-order chi connectivity index (χ0) is 17.7. The number of hydrogen-bond acceptors (Lipinski definition) is 3. The number of benzene rings is 1. The average molecular weight is 394 g/mol. The molecule has 1 aliphatic rings. The second kappa shape index (κ2) is 8.41. The lowest BCUT2D eigenvalue weighted by Gasteiger charge is -2.37. The van der Waals surface area contributed by atoms with Crippen LogP contribution in [0.4, 0.5) is 4.39 Å². The topological polar surface area (TPSA) is 47.3 Å². The van der Waals surface area contributed by atoms with E-state index in [1.54, 1.807) is 17.0 Å². The Balaban J connectivity index is 1.95. The smallest absolute Gasteiger partial charge is 0.246 e. The quantitative estimate of drug-likeness (QED) is 0.737. The van der Waals surface area contributed by atoms with Gasteiger partial charge in [-0.2, -0.15) is 5.26 Å². The van der Waals surface area contributed by atoms with Gasteiger partial charge in [-0.25, -0.2) is 4.39 Å². The van der Waals surface area contributed by atoms with Crippen molar-refractivity contribution in [2.75, 3.05) is 26.2 Å². The van der Waals surface area contributed by atoms with E-state index >= 15 is 0 Å². The monoisotopic (exact) mass is 393 g/mol. The second-order valence-corrected chi connectivity index (χ2v) is 7.09. The van der Waals surface area contributed by atoms with Crippen molar-refractivity contribution in [3.63, 3.8) is 0 Å². The first-order valence-electron chi connectivity index (χ1n) is 7.98. The summed E-state index contributed by atoms with van der Waals surface area (Å²) in [5.74, 6) is -0.232. The highest BCUT2D eigenvalue weighted by Crippen LogP contribution is 2.17. The molecule has 1 heterocycles. The van der Waals surface area contributed by atoms with Crippen LogP contribution in [0, 0.1) is 23.1 Å². The molecule has 0 aromatic heterocycles. The molecule has 1 amide bonds. The van der Waals surface area contributed by atoms with Crippen LogP contribution in [0.25, 0.3) is 6.08 Å². The Morgan fingerprint density at radius 1 is 1.33 bits per heavy atom. The van der Waals surface area contributed by atoms with Crippen LogP contribution < -0.4 is 0 Å². The minimum Gasteiger partial charge on any atom is -0.337 e. The number of nitrogens with zero attached hydrogens (tertiary/aromatic N) is 3. The van der Waals surface area contributed by atoms with Crippen molar-refractivity contribution in [2.45, 2.75) is 19.9 Å². The predicted molar refractivity (Wildman–Crippen MR) is 95.5 cm³/mol. The van der Waals surface area contributed by atoms with Crippen molar-refractivity contribution in [3.05, 3.63) is 40.1 Å². The van der Waals surface area contributed by atoms with Gasteiger partial charge in [-0.05, 0) is 30.2 Å². The van der Waals surface area contributed by atoms with Crippen molar-refractivity contribution in [1.29, 1.82) is 5.26 Å². The van der Waals surface area contributed by atoms with Gasteiger partial charge >= 0.3 is 0 Å². The molecule has 24 heavy (non-hydrogen) atoms. The summed E-state index contributed by atoms with van der Waals surface area (Å²) in [5, 5.41) is 9.26. The van der Waals surface area contributed by atoms with Crippen molar-refractivity contribution >= 4 is 27.9 Å². The minimum atomic E-state index is -0.360.